The number of rotatable bonds is 8. The first kappa shape index (κ1) is 22.6. The van der Waals surface area contributed by atoms with Crippen LogP contribution in [0.1, 0.15) is 36.0 Å². The van der Waals surface area contributed by atoms with E-state index in [1.807, 2.05) is 30.3 Å². The van der Waals surface area contributed by atoms with Crippen molar-refractivity contribution in [2.75, 3.05) is 33.3 Å². The number of para-hydroxylation sites is 1. The number of amides is 1. The van der Waals surface area contributed by atoms with E-state index in [0.29, 0.717) is 38.2 Å². The van der Waals surface area contributed by atoms with Crippen LogP contribution < -0.4 is 4.74 Å². The molecule has 0 unspecified atom stereocenters. The molecule has 8 heteroatoms. The van der Waals surface area contributed by atoms with Crippen molar-refractivity contribution in [2.24, 2.45) is 0 Å². The standard InChI is InChI=1S/C22H27ClN2O4S/c1-24(13-8-16-29-19-9-4-2-5-10-19)22(26)18-11-12-20(23)21(17-18)30(27,28)25-14-6-3-7-15-25/h2,4-5,9-12,17H,3,6-8,13-16H2,1H3. The summed E-state index contributed by atoms with van der Waals surface area (Å²) in [6.07, 6.45) is 3.35. The molecule has 0 aromatic heterocycles. The highest BCUT2D eigenvalue weighted by atomic mass is 35.5. The number of hydrogen-bond acceptors (Lipinski definition) is 4. The van der Waals surface area contributed by atoms with Crippen molar-refractivity contribution in [2.45, 2.75) is 30.6 Å². The molecule has 2 aromatic carbocycles. The molecule has 1 amide bonds. The maximum absolute atomic E-state index is 13.0. The summed E-state index contributed by atoms with van der Waals surface area (Å²) in [5.41, 5.74) is 0.307. The van der Waals surface area contributed by atoms with E-state index in [4.69, 9.17) is 16.3 Å². The average molecular weight is 451 g/mol. The second-order valence-electron chi connectivity index (χ2n) is 7.35. The Balaban J connectivity index is 1.63. The Labute approximate surface area is 183 Å². The van der Waals surface area contributed by atoms with E-state index < -0.39 is 10.0 Å². The van der Waals surface area contributed by atoms with Crippen molar-refractivity contribution in [3.05, 3.63) is 59.1 Å². The predicted octanol–water partition coefficient (Wildman–Crippen LogP) is 4.06. The van der Waals surface area contributed by atoms with Gasteiger partial charge in [0.25, 0.3) is 5.91 Å². The van der Waals surface area contributed by atoms with Gasteiger partial charge in [-0.15, -0.1) is 0 Å². The van der Waals surface area contributed by atoms with E-state index in [9.17, 15) is 13.2 Å². The summed E-state index contributed by atoms with van der Waals surface area (Å²) in [5.74, 6) is 0.540. The van der Waals surface area contributed by atoms with E-state index >= 15 is 0 Å². The maximum atomic E-state index is 13.0. The molecule has 1 aliphatic rings. The highest BCUT2D eigenvalue weighted by molar-refractivity contribution is 7.89. The number of nitrogens with zero attached hydrogens (tertiary/aromatic N) is 2. The largest absolute Gasteiger partial charge is 0.494 e. The Kier molecular flexibility index (Phi) is 7.75. The molecule has 0 saturated carbocycles. The molecule has 0 spiro atoms. The topological polar surface area (TPSA) is 66.9 Å². The molecule has 0 bridgehead atoms. The van der Waals surface area contributed by atoms with Crippen molar-refractivity contribution in [1.29, 1.82) is 0 Å². The first-order chi connectivity index (χ1) is 14.4. The fraction of sp³-hybridized carbons (Fsp3) is 0.409. The molecule has 1 fully saturated rings. The Morgan fingerprint density at radius 1 is 1.10 bits per heavy atom. The van der Waals surface area contributed by atoms with Crippen molar-refractivity contribution >= 4 is 27.5 Å². The summed E-state index contributed by atoms with van der Waals surface area (Å²) in [6, 6.07) is 13.9. The van der Waals surface area contributed by atoms with Crippen LogP contribution in [0.2, 0.25) is 5.02 Å². The monoisotopic (exact) mass is 450 g/mol. The number of halogens is 1. The first-order valence-corrected chi connectivity index (χ1v) is 11.9. The van der Waals surface area contributed by atoms with E-state index in [2.05, 4.69) is 0 Å². The average Bonchev–Trinajstić information content (AvgIpc) is 2.77. The summed E-state index contributed by atoms with van der Waals surface area (Å²) >= 11 is 6.20. The summed E-state index contributed by atoms with van der Waals surface area (Å²) < 4.78 is 33.1. The molecule has 1 saturated heterocycles. The van der Waals surface area contributed by atoms with Crippen LogP contribution in [0.3, 0.4) is 0 Å². The predicted molar refractivity (Wildman–Crippen MR) is 118 cm³/mol. The molecular formula is C22H27ClN2O4S. The minimum atomic E-state index is -3.72. The van der Waals surface area contributed by atoms with Crippen LogP contribution in [0, 0.1) is 0 Å². The highest BCUT2D eigenvalue weighted by Gasteiger charge is 2.29. The number of carbonyl (C=O) groups excluding carboxylic acids is 1. The number of sulfonamides is 1. The van der Waals surface area contributed by atoms with Crippen LogP contribution in [-0.4, -0.2) is 56.8 Å². The molecule has 0 N–H and O–H groups in total. The maximum Gasteiger partial charge on any atom is 0.253 e. The fourth-order valence-electron chi connectivity index (χ4n) is 3.41. The van der Waals surface area contributed by atoms with Gasteiger partial charge in [-0.25, -0.2) is 8.42 Å². The smallest absolute Gasteiger partial charge is 0.253 e. The molecule has 0 atom stereocenters. The van der Waals surface area contributed by atoms with Crippen molar-refractivity contribution < 1.29 is 17.9 Å². The van der Waals surface area contributed by atoms with Gasteiger partial charge in [0, 0.05) is 32.2 Å². The Bertz CT molecular complexity index is 960. The van der Waals surface area contributed by atoms with Gasteiger partial charge in [-0.2, -0.15) is 4.31 Å². The van der Waals surface area contributed by atoms with Crippen molar-refractivity contribution in [3.8, 4) is 5.75 Å². The van der Waals surface area contributed by atoms with Crippen molar-refractivity contribution in [3.63, 3.8) is 0 Å². The Hall–Kier alpha value is -2.09. The first-order valence-electron chi connectivity index (χ1n) is 10.1. The molecule has 2 aromatic rings. The molecule has 1 heterocycles. The fourth-order valence-corrected chi connectivity index (χ4v) is 5.43. The van der Waals surface area contributed by atoms with Crippen LogP contribution >= 0.6 is 11.6 Å². The lowest BCUT2D eigenvalue weighted by molar-refractivity contribution is 0.0787. The Morgan fingerprint density at radius 2 is 1.80 bits per heavy atom. The van der Waals surface area contributed by atoms with Gasteiger partial charge in [0.05, 0.1) is 11.6 Å². The molecular weight excluding hydrogens is 424 g/mol. The third kappa shape index (κ3) is 5.53. The SMILES string of the molecule is CN(CCCOc1ccccc1)C(=O)c1ccc(Cl)c(S(=O)(=O)N2CCCCC2)c1. The van der Waals surface area contributed by atoms with E-state index in [-0.39, 0.29) is 15.8 Å². The van der Waals surface area contributed by atoms with Gasteiger partial charge in [0.2, 0.25) is 10.0 Å². The molecule has 30 heavy (non-hydrogen) atoms. The van der Waals surface area contributed by atoms with E-state index in [1.165, 1.54) is 16.4 Å². The minimum absolute atomic E-state index is 0.00210. The highest BCUT2D eigenvalue weighted by Crippen LogP contribution is 2.28. The molecule has 0 radical (unpaired) electrons. The molecule has 1 aliphatic heterocycles. The van der Waals surface area contributed by atoms with Crippen LogP contribution in [0.5, 0.6) is 5.75 Å². The number of piperidine rings is 1. The number of ether oxygens (including phenoxy) is 1. The lowest BCUT2D eigenvalue weighted by atomic mass is 10.2. The number of carbonyl (C=O) groups is 1. The van der Waals surface area contributed by atoms with Gasteiger partial charge in [0.15, 0.2) is 0 Å². The molecule has 6 nitrogen and oxygen atoms in total. The van der Waals surface area contributed by atoms with Gasteiger partial charge in [-0.05, 0) is 49.6 Å². The zero-order valence-electron chi connectivity index (χ0n) is 17.1. The third-order valence-corrected chi connectivity index (χ3v) is 7.49. The van der Waals surface area contributed by atoms with E-state index in [0.717, 1.165) is 25.0 Å². The summed E-state index contributed by atoms with van der Waals surface area (Å²) in [4.78, 5) is 14.4. The van der Waals surface area contributed by atoms with Crippen LogP contribution in [0.4, 0.5) is 0 Å². The van der Waals surface area contributed by atoms with Crippen LogP contribution in [-0.2, 0) is 10.0 Å². The van der Waals surface area contributed by atoms with Crippen molar-refractivity contribution in [1.82, 2.24) is 9.21 Å². The zero-order valence-corrected chi connectivity index (χ0v) is 18.7. The zero-order chi connectivity index (χ0) is 21.6. The normalized spacial score (nSPS) is 15.0. The Morgan fingerprint density at radius 3 is 2.50 bits per heavy atom. The lowest BCUT2D eigenvalue weighted by Crippen LogP contribution is -2.36. The second-order valence-corrected chi connectivity index (χ2v) is 9.67. The summed E-state index contributed by atoms with van der Waals surface area (Å²) in [6.45, 7) is 1.94. The lowest BCUT2D eigenvalue weighted by Gasteiger charge is -2.26. The molecule has 162 valence electrons. The number of benzene rings is 2. The van der Waals surface area contributed by atoms with Gasteiger partial charge >= 0.3 is 0 Å². The number of hydrogen-bond donors (Lipinski definition) is 0. The minimum Gasteiger partial charge on any atom is -0.494 e. The van der Waals surface area contributed by atoms with Crippen LogP contribution in [0.15, 0.2) is 53.4 Å². The summed E-state index contributed by atoms with van der Waals surface area (Å²) in [7, 11) is -2.02. The third-order valence-electron chi connectivity index (χ3n) is 5.11. The molecule has 3 rings (SSSR count). The van der Waals surface area contributed by atoms with Gasteiger partial charge in [0.1, 0.15) is 10.6 Å². The second kappa shape index (κ2) is 10.3. The summed E-state index contributed by atoms with van der Waals surface area (Å²) in [5, 5.41) is 0.135. The van der Waals surface area contributed by atoms with E-state index in [1.54, 1.807) is 18.0 Å². The van der Waals surface area contributed by atoms with Crippen LogP contribution in [0.25, 0.3) is 0 Å². The van der Waals surface area contributed by atoms with Gasteiger partial charge in [-0.3, -0.25) is 4.79 Å². The van der Waals surface area contributed by atoms with Gasteiger partial charge in [-0.1, -0.05) is 36.2 Å². The molecule has 0 aliphatic carbocycles. The van der Waals surface area contributed by atoms with Gasteiger partial charge < -0.3 is 9.64 Å². The quantitative estimate of drug-likeness (QED) is 0.569.